The molecule has 1 amide bonds. The number of fused-ring (bicyclic) bond motifs is 1. The van der Waals surface area contributed by atoms with Crippen molar-refractivity contribution in [2.24, 2.45) is 7.05 Å². The molecule has 3 rings (SSSR count). The number of furan rings is 1. The highest BCUT2D eigenvalue weighted by Crippen LogP contribution is 2.26. The quantitative estimate of drug-likeness (QED) is 0.789. The molecule has 0 aliphatic rings. The number of nitrogens with one attached hydrogen (secondary N) is 1. The normalized spacial score (nSPS) is 12.5. The molecule has 3 heterocycles. The van der Waals surface area contributed by atoms with Crippen LogP contribution in [0.4, 0.5) is 0 Å². The monoisotopic (exact) mass is 347 g/mol. The average Bonchev–Trinajstić information content (AvgIpc) is 2.98. The SMILES string of the molecule is CC(NC(=O)c1cc2oc(Br)cc2n1C)c1ccncc1. The Morgan fingerprint density at radius 1 is 1.38 bits per heavy atom. The van der Waals surface area contributed by atoms with Gasteiger partial charge in [-0.15, -0.1) is 0 Å². The van der Waals surface area contributed by atoms with E-state index < -0.39 is 0 Å². The highest BCUT2D eigenvalue weighted by molar-refractivity contribution is 9.10. The van der Waals surface area contributed by atoms with E-state index in [1.807, 2.05) is 36.7 Å². The standard InChI is InChI=1S/C15H14BrN3O2/c1-9(10-3-5-17-6-4-10)18-15(20)12-7-13-11(19(12)2)8-14(16)21-13/h3-9H,1-2H3,(H,18,20). The van der Waals surface area contributed by atoms with E-state index in [4.69, 9.17) is 4.42 Å². The Morgan fingerprint density at radius 3 is 2.76 bits per heavy atom. The average molecular weight is 348 g/mol. The van der Waals surface area contributed by atoms with Crippen LogP contribution in [0.5, 0.6) is 0 Å². The van der Waals surface area contributed by atoms with E-state index in [1.165, 1.54) is 0 Å². The van der Waals surface area contributed by atoms with Crippen molar-refractivity contribution in [2.45, 2.75) is 13.0 Å². The molecule has 0 aromatic carbocycles. The van der Waals surface area contributed by atoms with Gasteiger partial charge in [-0.25, -0.2) is 0 Å². The second-order valence-electron chi connectivity index (χ2n) is 4.86. The minimum absolute atomic E-state index is 0.0894. The fourth-order valence-electron chi connectivity index (χ4n) is 2.31. The maximum atomic E-state index is 12.4. The van der Waals surface area contributed by atoms with Crippen LogP contribution >= 0.6 is 15.9 Å². The van der Waals surface area contributed by atoms with Gasteiger partial charge in [-0.2, -0.15) is 0 Å². The topological polar surface area (TPSA) is 60.1 Å². The van der Waals surface area contributed by atoms with Crippen LogP contribution in [0.3, 0.4) is 0 Å². The van der Waals surface area contributed by atoms with Crippen molar-refractivity contribution in [3.63, 3.8) is 0 Å². The lowest BCUT2D eigenvalue weighted by atomic mass is 10.1. The summed E-state index contributed by atoms with van der Waals surface area (Å²) < 4.78 is 7.95. The molecule has 1 atom stereocenters. The van der Waals surface area contributed by atoms with Crippen molar-refractivity contribution in [1.29, 1.82) is 0 Å². The third kappa shape index (κ3) is 2.58. The number of amides is 1. The second-order valence-corrected chi connectivity index (χ2v) is 5.65. The number of pyridine rings is 1. The summed E-state index contributed by atoms with van der Waals surface area (Å²) in [6, 6.07) is 7.28. The number of halogens is 1. The fraction of sp³-hybridized carbons (Fsp3) is 0.200. The van der Waals surface area contributed by atoms with Gasteiger partial charge >= 0.3 is 0 Å². The van der Waals surface area contributed by atoms with Gasteiger partial charge in [0.25, 0.3) is 5.91 Å². The summed E-state index contributed by atoms with van der Waals surface area (Å²) in [4.78, 5) is 16.4. The van der Waals surface area contributed by atoms with Gasteiger partial charge in [0.15, 0.2) is 10.3 Å². The molecule has 0 aliphatic heterocycles. The van der Waals surface area contributed by atoms with Gasteiger partial charge in [0.1, 0.15) is 5.69 Å². The number of rotatable bonds is 3. The first-order valence-electron chi connectivity index (χ1n) is 6.52. The van der Waals surface area contributed by atoms with E-state index in [-0.39, 0.29) is 11.9 Å². The zero-order valence-corrected chi connectivity index (χ0v) is 13.2. The van der Waals surface area contributed by atoms with E-state index in [1.54, 1.807) is 18.5 Å². The predicted octanol–water partition coefficient (Wildman–Crippen LogP) is 3.42. The number of hydrogen-bond acceptors (Lipinski definition) is 3. The molecule has 0 saturated heterocycles. The smallest absolute Gasteiger partial charge is 0.268 e. The Bertz CT molecular complexity index is 792. The first-order valence-corrected chi connectivity index (χ1v) is 7.31. The van der Waals surface area contributed by atoms with Crippen LogP contribution in [0.1, 0.15) is 29.0 Å². The number of nitrogens with zero attached hydrogens (tertiary/aromatic N) is 2. The van der Waals surface area contributed by atoms with E-state index >= 15 is 0 Å². The molecule has 3 aromatic rings. The number of aryl methyl sites for hydroxylation is 1. The molecule has 1 N–H and O–H groups in total. The molecule has 0 radical (unpaired) electrons. The summed E-state index contributed by atoms with van der Waals surface area (Å²) in [6.07, 6.45) is 3.43. The number of carbonyl (C=O) groups excluding carboxylic acids is 1. The van der Waals surface area contributed by atoms with Crippen LogP contribution in [-0.4, -0.2) is 15.5 Å². The maximum absolute atomic E-state index is 12.4. The Hall–Kier alpha value is -2.08. The molecule has 0 fully saturated rings. The Balaban J connectivity index is 1.84. The summed E-state index contributed by atoms with van der Waals surface area (Å²) in [7, 11) is 1.84. The summed E-state index contributed by atoms with van der Waals surface area (Å²) in [5, 5.41) is 2.98. The van der Waals surface area contributed by atoms with Gasteiger partial charge < -0.3 is 14.3 Å². The van der Waals surface area contributed by atoms with Gasteiger partial charge in [-0.1, -0.05) is 0 Å². The maximum Gasteiger partial charge on any atom is 0.268 e. The zero-order chi connectivity index (χ0) is 15.0. The Kier molecular flexibility index (Phi) is 3.55. The Labute approximate surface area is 130 Å². The van der Waals surface area contributed by atoms with Crippen LogP contribution < -0.4 is 5.32 Å². The molecule has 6 heteroatoms. The van der Waals surface area contributed by atoms with Crippen LogP contribution in [-0.2, 0) is 7.05 Å². The van der Waals surface area contributed by atoms with Gasteiger partial charge in [0.2, 0.25) is 0 Å². The number of aromatic nitrogens is 2. The second kappa shape index (κ2) is 5.37. The lowest BCUT2D eigenvalue weighted by Crippen LogP contribution is -2.28. The molecule has 5 nitrogen and oxygen atoms in total. The van der Waals surface area contributed by atoms with Crippen LogP contribution in [0, 0.1) is 0 Å². The molecule has 0 saturated carbocycles. The molecular formula is C15H14BrN3O2. The molecule has 3 aromatic heterocycles. The minimum atomic E-state index is -0.135. The third-order valence-corrected chi connectivity index (χ3v) is 3.88. The lowest BCUT2D eigenvalue weighted by molar-refractivity contribution is 0.0932. The van der Waals surface area contributed by atoms with Gasteiger partial charge in [0.05, 0.1) is 11.6 Å². The van der Waals surface area contributed by atoms with Crippen molar-refractivity contribution < 1.29 is 9.21 Å². The van der Waals surface area contributed by atoms with E-state index in [9.17, 15) is 4.79 Å². The van der Waals surface area contributed by atoms with Gasteiger partial charge in [-0.05, 0) is 40.5 Å². The molecular weight excluding hydrogens is 334 g/mol. The van der Waals surface area contributed by atoms with Crippen molar-refractivity contribution in [3.8, 4) is 0 Å². The summed E-state index contributed by atoms with van der Waals surface area (Å²) in [5.41, 5.74) is 3.14. The molecule has 0 spiro atoms. The van der Waals surface area contributed by atoms with Gasteiger partial charge in [-0.3, -0.25) is 9.78 Å². The molecule has 0 aliphatic carbocycles. The lowest BCUT2D eigenvalue weighted by Gasteiger charge is -2.14. The summed E-state index contributed by atoms with van der Waals surface area (Å²) in [6.45, 7) is 1.94. The minimum Gasteiger partial charge on any atom is -0.448 e. The third-order valence-electron chi connectivity index (χ3n) is 3.49. The number of carbonyl (C=O) groups is 1. The van der Waals surface area contributed by atoms with E-state index in [0.717, 1.165) is 11.1 Å². The zero-order valence-electron chi connectivity index (χ0n) is 11.6. The molecule has 0 bridgehead atoms. The predicted molar refractivity (Wildman–Crippen MR) is 83.0 cm³/mol. The van der Waals surface area contributed by atoms with Crippen LogP contribution in [0.25, 0.3) is 11.1 Å². The van der Waals surface area contributed by atoms with Crippen LogP contribution in [0.2, 0.25) is 0 Å². The molecule has 21 heavy (non-hydrogen) atoms. The van der Waals surface area contributed by atoms with Crippen molar-refractivity contribution in [1.82, 2.24) is 14.9 Å². The first-order chi connectivity index (χ1) is 10.1. The van der Waals surface area contributed by atoms with Crippen molar-refractivity contribution >= 4 is 32.9 Å². The molecule has 108 valence electrons. The number of hydrogen-bond donors (Lipinski definition) is 1. The highest BCUT2D eigenvalue weighted by atomic mass is 79.9. The van der Waals surface area contributed by atoms with Crippen molar-refractivity contribution in [3.05, 3.63) is 52.6 Å². The van der Waals surface area contributed by atoms with E-state index in [0.29, 0.717) is 15.9 Å². The fourth-order valence-corrected chi connectivity index (χ4v) is 2.70. The van der Waals surface area contributed by atoms with Crippen molar-refractivity contribution in [2.75, 3.05) is 0 Å². The summed E-state index contributed by atoms with van der Waals surface area (Å²) in [5.74, 6) is -0.135. The highest BCUT2D eigenvalue weighted by Gasteiger charge is 2.18. The first kappa shape index (κ1) is 13.9. The van der Waals surface area contributed by atoms with Crippen LogP contribution in [0.15, 0.2) is 45.7 Å². The van der Waals surface area contributed by atoms with E-state index in [2.05, 4.69) is 26.2 Å². The largest absolute Gasteiger partial charge is 0.448 e. The van der Waals surface area contributed by atoms with Gasteiger partial charge in [0, 0.05) is 31.6 Å². The molecule has 1 unspecified atom stereocenters. The summed E-state index contributed by atoms with van der Waals surface area (Å²) >= 11 is 3.28. The Morgan fingerprint density at radius 2 is 2.10 bits per heavy atom.